The molecule has 220 valence electrons. The van der Waals surface area contributed by atoms with Crippen molar-refractivity contribution < 1.29 is 19.8 Å². The van der Waals surface area contributed by atoms with E-state index < -0.39 is 11.5 Å². The molecule has 4 aromatic rings. The Labute approximate surface area is 250 Å². The highest BCUT2D eigenvalue weighted by Crippen LogP contribution is 2.45. The first kappa shape index (κ1) is 28.5. The Morgan fingerprint density at radius 2 is 1.72 bits per heavy atom. The second-order valence-corrected chi connectivity index (χ2v) is 11.2. The largest absolute Gasteiger partial charge is 0.396 e. The van der Waals surface area contributed by atoms with Gasteiger partial charge in [0.15, 0.2) is 5.60 Å². The van der Waals surface area contributed by atoms with E-state index in [4.69, 9.17) is 5.11 Å². The lowest BCUT2D eigenvalue weighted by atomic mass is 9.83. The van der Waals surface area contributed by atoms with E-state index in [-0.39, 0.29) is 18.4 Å². The average Bonchev–Trinajstić information content (AvgIpc) is 3.56. The third kappa shape index (κ3) is 5.37. The Bertz CT molecular complexity index is 1660. The fourth-order valence-corrected chi connectivity index (χ4v) is 6.03. The summed E-state index contributed by atoms with van der Waals surface area (Å²) < 4.78 is 1.72. The minimum absolute atomic E-state index is 0.0289. The number of aryl methyl sites for hydroxylation is 2. The molecule has 3 heterocycles. The summed E-state index contributed by atoms with van der Waals surface area (Å²) in [5.74, 6) is -0.769. The van der Waals surface area contributed by atoms with Crippen molar-refractivity contribution in [3.63, 3.8) is 0 Å². The minimum atomic E-state index is -1.70. The number of hydrogen-bond donors (Lipinski definition) is 2. The summed E-state index contributed by atoms with van der Waals surface area (Å²) in [7, 11) is 0. The van der Waals surface area contributed by atoms with Crippen molar-refractivity contribution in [1.82, 2.24) is 15.0 Å². The lowest BCUT2D eigenvalue weighted by Gasteiger charge is -2.30. The highest BCUT2D eigenvalue weighted by Gasteiger charge is 2.52. The molecule has 0 unspecified atom stereocenters. The average molecular weight is 578 g/mol. The van der Waals surface area contributed by atoms with Crippen LogP contribution in [-0.4, -0.2) is 43.6 Å². The van der Waals surface area contributed by atoms with E-state index in [1.54, 1.807) is 14.5 Å². The van der Waals surface area contributed by atoms with Gasteiger partial charge in [-0.25, -0.2) is 0 Å². The number of hydrogen-bond acceptors (Lipinski definition) is 6. The molecule has 2 amide bonds. The number of anilines is 3. The predicted molar refractivity (Wildman–Crippen MR) is 164 cm³/mol. The zero-order valence-corrected chi connectivity index (χ0v) is 24.1. The van der Waals surface area contributed by atoms with Gasteiger partial charge in [-0.1, -0.05) is 72.8 Å². The molecule has 1 aromatic heterocycles. The number of allylic oxidation sites excluding steroid dienone is 1. The number of benzene rings is 3. The van der Waals surface area contributed by atoms with Gasteiger partial charge in [-0.15, -0.1) is 5.10 Å². The molecule has 0 saturated carbocycles. The number of aliphatic hydroxyl groups is 2. The van der Waals surface area contributed by atoms with E-state index in [0.717, 1.165) is 34.6 Å². The monoisotopic (exact) mass is 577 g/mol. The van der Waals surface area contributed by atoms with Gasteiger partial charge in [-0.3, -0.25) is 19.2 Å². The third-order valence-electron chi connectivity index (χ3n) is 8.36. The second-order valence-electron chi connectivity index (χ2n) is 11.2. The molecular weight excluding hydrogens is 542 g/mol. The number of amides is 2. The number of carbonyl (C=O) groups excluding carboxylic acids is 2. The summed E-state index contributed by atoms with van der Waals surface area (Å²) in [6, 6.07) is 23.1. The molecule has 2 aliphatic heterocycles. The van der Waals surface area contributed by atoms with Gasteiger partial charge in [0.1, 0.15) is 0 Å². The van der Waals surface area contributed by atoms with Crippen molar-refractivity contribution in [2.45, 2.75) is 51.3 Å². The quantitative estimate of drug-likeness (QED) is 0.270. The summed E-state index contributed by atoms with van der Waals surface area (Å²) in [5, 5.41) is 29.1. The smallest absolute Gasteiger partial charge is 0.264 e. The fraction of sp³-hybridized carbons (Fsp3) is 0.294. The zero-order chi connectivity index (χ0) is 30.0. The Morgan fingerprint density at radius 3 is 2.51 bits per heavy atom. The van der Waals surface area contributed by atoms with Crippen LogP contribution in [0.25, 0.3) is 0 Å². The molecule has 3 aromatic carbocycles. The number of carbonyl (C=O) groups is 2. The van der Waals surface area contributed by atoms with Gasteiger partial charge < -0.3 is 15.1 Å². The van der Waals surface area contributed by atoms with E-state index in [9.17, 15) is 14.7 Å². The number of fused-ring (bicyclic) bond motifs is 2. The molecular formula is C34H35N5O4. The Hall–Kier alpha value is -4.60. The summed E-state index contributed by atoms with van der Waals surface area (Å²) in [5.41, 5.74) is 4.08. The van der Waals surface area contributed by atoms with Gasteiger partial charge in [0.2, 0.25) is 5.91 Å². The summed E-state index contributed by atoms with van der Waals surface area (Å²) in [6.07, 6.45) is 7.97. The van der Waals surface area contributed by atoms with Crippen molar-refractivity contribution >= 4 is 28.9 Å². The molecule has 6 rings (SSSR count). The molecule has 43 heavy (non-hydrogen) atoms. The number of aliphatic hydroxyl groups excluding tert-OH is 1. The Balaban J connectivity index is 1.17. The summed E-state index contributed by atoms with van der Waals surface area (Å²) in [6.45, 7) is 2.77. The predicted octanol–water partition coefficient (Wildman–Crippen LogP) is 4.44. The van der Waals surface area contributed by atoms with Crippen LogP contribution in [0, 0.1) is 5.92 Å². The molecule has 2 N–H and O–H groups in total. The number of aromatic nitrogens is 3. The van der Waals surface area contributed by atoms with Gasteiger partial charge in [0, 0.05) is 49.4 Å². The fourth-order valence-electron chi connectivity index (χ4n) is 6.03. The van der Waals surface area contributed by atoms with Crippen LogP contribution in [0.15, 0.2) is 91.1 Å². The van der Waals surface area contributed by atoms with Crippen LogP contribution in [0.4, 0.5) is 17.1 Å². The first-order valence-electron chi connectivity index (χ1n) is 14.7. The Morgan fingerprint density at radius 1 is 0.977 bits per heavy atom. The molecule has 0 bridgehead atoms. The zero-order valence-electron chi connectivity index (χ0n) is 24.1. The molecule has 9 heteroatoms. The molecule has 0 aliphatic carbocycles. The summed E-state index contributed by atoms with van der Waals surface area (Å²) >= 11 is 0. The normalized spacial score (nSPS) is 18.8. The number of para-hydroxylation sites is 2. The molecule has 0 spiro atoms. The van der Waals surface area contributed by atoms with Crippen LogP contribution in [0.5, 0.6) is 0 Å². The maximum Gasteiger partial charge on any atom is 0.264 e. The van der Waals surface area contributed by atoms with Crippen LogP contribution in [0.3, 0.4) is 0 Å². The van der Waals surface area contributed by atoms with Crippen LogP contribution in [-0.2, 0) is 41.1 Å². The van der Waals surface area contributed by atoms with Crippen molar-refractivity contribution in [3.8, 4) is 0 Å². The first-order chi connectivity index (χ1) is 20.9. The molecule has 9 nitrogen and oxygen atoms in total. The molecule has 0 saturated heterocycles. The molecule has 2 atom stereocenters. The van der Waals surface area contributed by atoms with E-state index in [0.29, 0.717) is 43.6 Å². The topological polar surface area (TPSA) is 112 Å². The summed E-state index contributed by atoms with van der Waals surface area (Å²) in [4.78, 5) is 30.2. The number of rotatable bonds is 10. The van der Waals surface area contributed by atoms with Crippen LogP contribution < -0.4 is 9.80 Å². The Kier molecular flexibility index (Phi) is 7.92. The highest BCUT2D eigenvalue weighted by molar-refractivity contribution is 6.07. The van der Waals surface area contributed by atoms with Gasteiger partial charge in [-0.05, 0) is 48.2 Å². The highest BCUT2D eigenvalue weighted by atomic mass is 16.3. The van der Waals surface area contributed by atoms with Crippen LogP contribution in [0.1, 0.15) is 42.1 Å². The lowest BCUT2D eigenvalue weighted by molar-refractivity contribution is -0.139. The maximum absolute atomic E-state index is 13.9. The third-order valence-corrected chi connectivity index (χ3v) is 8.36. The second kappa shape index (κ2) is 11.9. The standard InChI is InChI=1S/C34H35N5O4/c1-24(8-6-7-20-37-23-27(19-21-40)35-36-37)34(43)29-10-3-5-12-31(29)38(33(34)42)22-25-13-16-28(17-14-25)39-30-11-4-2-9-26(30)15-18-32(39)41/h2-6,8-14,16-17,23-24,40,43H,7,15,18-22H2,1H3/b8-6+/t24-,34+/m0/s1. The van der Waals surface area contributed by atoms with Crippen molar-refractivity contribution in [2.24, 2.45) is 5.92 Å². The molecule has 0 radical (unpaired) electrons. The van der Waals surface area contributed by atoms with Crippen LogP contribution in [0.2, 0.25) is 0 Å². The number of nitrogens with zero attached hydrogens (tertiary/aromatic N) is 5. The van der Waals surface area contributed by atoms with Crippen molar-refractivity contribution in [1.29, 1.82) is 0 Å². The van der Waals surface area contributed by atoms with E-state index in [1.807, 2.05) is 92.0 Å². The van der Waals surface area contributed by atoms with Crippen LogP contribution >= 0.6 is 0 Å². The van der Waals surface area contributed by atoms with Crippen molar-refractivity contribution in [3.05, 3.63) is 114 Å². The molecule has 2 aliphatic rings. The minimum Gasteiger partial charge on any atom is -0.396 e. The van der Waals surface area contributed by atoms with E-state index in [1.165, 1.54) is 0 Å². The molecule has 0 fully saturated rings. The lowest BCUT2D eigenvalue weighted by Crippen LogP contribution is -2.44. The van der Waals surface area contributed by atoms with E-state index in [2.05, 4.69) is 16.4 Å². The SMILES string of the molecule is C[C@@H](/C=C/CCn1cc(CCO)nn1)[C@]1(O)C(=O)N(Cc2ccc(N3C(=O)CCc4ccccc43)cc2)c2ccccc21. The van der Waals surface area contributed by atoms with E-state index >= 15 is 0 Å². The van der Waals surface area contributed by atoms with Gasteiger partial charge in [0.05, 0.1) is 23.6 Å². The first-order valence-corrected chi connectivity index (χ1v) is 14.7. The van der Waals surface area contributed by atoms with Gasteiger partial charge in [-0.2, -0.15) is 0 Å². The van der Waals surface area contributed by atoms with Gasteiger partial charge in [0.25, 0.3) is 5.91 Å². The van der Waals surface area contributed by atoms with Gasteiger partial charge >= 0.3 is 0 Å². The van der Waals surface area contributed by atoms with Crippen molar-refractivity contribution in [2.75, 3.05) is 16.4 Å². The maximum atomic E-state index is 13.9.